The van der Waals surface area contributed by atoms with Crippen LogP contribution in [0.3, 0.4) is 0 Å². The number of ether oxygens (including phenoxy) is 1. The lowest BCUT2D eigenvalue weighted by molar-refractivity contribution is -0.128. The highest BCUT2D eigenvalue weighted by molar-refractivity contribution is 5.83. The summed E-state index contributed by atoms with van der Waals surface area (Å²) in [5.74, 6) is 1.33. The Morgan fingerprint density at radius 2 is 2.35 bits per heavy atom. The Hall–Kier alpha value is -1.98. The van der Waals surface area contributed by atoms with Gasteiger partial charge in [0.15, 0.2) is 0 Å². The molecule has 1 fully saturated rings. The molecule has 0 radical (unpaired) electrons. The molecule has 1 aliphatic heterocycles. The first kappa shape index (κ1) is 14.4. The van der Waals surface area contributed by atoms with Gasteiger partial charge in [-0.25, -0.2) is 0 Å². The minimum absolute atomic E-state index is 0.0699. The monoisotopic (exact) mass is 278 g/mol. The molecular weight excluding hydrogens is 256 g/mol. The second kappa shape index (κ2) is 5.56. The SMILES string of the molecule is CCOc1nc(N2CCC(C)(C(=O)NC)C2)ccc1N. The zero-order valence-corrected chi connectivity index (χ0v) is 12.3. The van der Waals surface area contributed by atoms with Crippen LogP contribution >= 0.6 is 0 Å². The fourth-order valence-electron chi connectivity index (χ4n) is 2.51. The Balaban J connectivity index is 2.18. The van der Waals surface area contributed by atoms with E-state index in [2.05, 4.69) is 15.2 Å². The summed E-state index contributed by atoms with van der Waals surface area (Å²) in [6.45, 7) is 5.84. The van der Waals surface area contributed by atoms with Gasteiger partial charge in [-0.2, -0.15) is 4.98 Å². The van der Waals surface area contributed by atoms with Gasteiger partial charge in [0.1, 0.15) is 5.82 Å². The third-order valence-corrected chi connectivity index (χ3v) is 3.73. The molecule has 6 heteroatoms. The van der Waals surface area contributed by atoms with E-state index in [1.54, 1.807) is 13.1 Å². The van der Waals surface area contributed by atoms with Crippen molar-refractivity contribution < 1.29 is 9.53 Å². The van der Waals surface area contributed by atoms with Crippen LogP contribution in [0.5, 0.6) is 5.88 Å². The normalized spacial score (nSPS) is 21.9. The van der Waals surface area contributed by atoms with Gasteiger partial charge in [0.05, 0.1) is 17.7 Å². The fraction of sp³-hybridized carbons (Fsp3) is 0.571. The van der Waals surface area contributed by atoms with Gasteiger partial charge in [0.2, 0.25) is 11.8 Å². The largest absolute Gasteiger partial charge is 0.476 e. The molecule has 0 saturated carbocycles. The van der Waals surface area contributed by atoms with Gasteiger partial charge in [-0.1, -0.05) is 0 Å². The molecule has 1 unspecified atom stereocenters. The minimum Gasteiger partial charge on any atom is -0.476 e. The Bertz CT molecular complexity index is 506. The van der Waals surface area contributed by atoms with Crippen LogP contribution in [-0.2, 0) is 4.79 Å². The Kier molecular flexibility index (Phi) is 4.01. The molecule has 1 amide bonds. The van der Waals surface area contributed by atoms with Gasteiger partial charge < -0.3 is 20.7 Å². The lowest BCUT2D eigenvalue weighted by atomic mass is 9.89. The summed E-state index contributed by atoms with van der Waals surface area (Å²) < 4.78 is 5.42. The van der Waals surface area contributed by atoms with E-state index in [0.717, 1.165) is 18.8 Å². The molecule has 1 aromatic rings. The van der Waals surface area contributed by atoms with Crippen molar-refractivity contribution in [3.05, 3.63) is 12.1 Å². The van der Waals surface area contributed by atoms with Crippen molar-refractivity contribution in [2.24, 2.45) is 5.41 Å². The zero-order chi connectivity index (χ0) is 14.8. The Morgan fingerprint density at radius 1 is 1.60 bits per heavy atom. The smallest absolute Gasteiger partial charge is 0.239 e. The van der Waals surface area contributed by atoms with Crippen molar-refractivity contribution in [2.75, 3.05) is 37.4 Å². The summed E-state index contributed by atoms with van der Waals surface area (Å²) in [5.41, 5.74) is 5.99. The van der Waals surface area contributed by atoms with E-state index in [0.29, 0.717) is 24.7 Å². The van der Waals surface area contributed by atoms with Crippen LogP contribution in [0.25, 0.3) is 0 Å². The molecule has 110 valence electrons. The van der Waals surface area contributed by atoms with E-state index in [-0.39, 0.29) is 11.3 Å². The number of nitrogens with zero attached hydrogens (tertiary/aromatic N) is 2. The number of carbonyl (C=O) groups is 1. The number of aromatic nitrogens is 1. The van der Waals surface area contributed by atoms with Crippen LogP contribution in [0.15, 0.2) is 12.1 Å². The van der Waals surface area contributed by atoms with Crippen molar-refractivity contribution in [2.45, 2.75) is 20.3 Å². The molecule has 1 aliphatic rings. The topological polar surface area (TPSA) is 80.5 Å². The van der Waals surface area contributed by atoms with E-state index < -0.39 is 0 Å². The molecule has 1 atom stereocenters. The van der Waals surface area contributed by atoms with Gasteiger partial charge in [-0.15, -0.1) is 0 Å². The van der Waals surface area contributed by atoms with Crippen LogP contribution in [0.1, 0.15) is 20.3 Å². The van der Waals surface area contributed by atoms with Crippen LogP contribution in [0.2, 0.25) is 0 Å². The number of hydrogen-bond donors (Lipinski definition) is 2. The van der Waals surface area contributed by atoms with E-state index in [1.807, 2.05) is 19.9 Å². The number of nitrogens with two attached hydrogens (primary N) is 1. The second-order valence-electron chi connectivity index (χ2n) is 5.31. The van der Waals surface area contributed by atoms with Gasteiger partial charge in [0, 0.05) is 20.1 Å². The number of rotatable bonds is 4. The molecule has 0 spiro atoms. The highest BCUT2D eigenvalue weighted by Gasteiger charge is 2.40. The average molecular weight is 278 g/mol. The average Bonchev–Trinajstić information content (AvgIpc) is 2.84. The number of nitrogens with one attached hydrogen (secondary N) is 1. The maximum absolute atomic E-state index is 11.9. The summed E-state index contributed by atoms with van der Waals surface area (Å²) >= 11 is 0. The lowest BCUT2D eigenvalue weighted by Crippen LogP contribution is -2.39. The predicted molar refractivity (Wildman–Crippen MR) is 78.8 cm³/mol. The number of anilines is 2. The van der Waals surface area contributed by atoms with E-state index in [1.165, 1.54) is 0 Å². The zero-order valence-electron chi connectivity index (χ0n) is 12.3. The van der Waals surface area contributed by atoms with E-state index >= 15 is 0 Å². The summed E-state index contributed by atoms with van der Waals surface area (Å²) in [4.78, 5) is 18.5. The maximum atomic E-state index is 11.9. The molecule has 6 nitrogen and oxygen atoms in total. The summed E-state index contributed by atoms with van der Waals surface area (Å²) in [7, 11) is 1.67. The molecule has 0 aromatic carbocycles. The van der Waals surface area contributed by atoms with Crippen LogP contribution in [0.4, 0.5) is 11.5 Å². The first-order valence-corrected chi connectivity index (χ1v) is 6.86. The molecule has 1 aromatic heterocycles. The summed E-state index contributed by atoms with van der Waals surface area (Å²) in [5, 5.41) is 2.73. The van der Waals surface area contributed by atoms with E-state index in [9.17, 15) is 4.79 Å². The lowest BCUT2D eigenvalue weighted by Gasteiger charge is -2.23. The minimum atomic E-state index is -0.371. The van der Waals surface area contributed by atoms with Crippen molar-refractivity contribution >= 4 is 17.4 Å². The third kappa shape index (κ3) is 2.64. The van der Waals surface area contributed by atoms with Gasteiger partial charge >= 0.3 is 0 Å². The Labute approximate surface area is 119 Å². The highest BCUT2D eigenvalue weighted by Crippen LogP contribution is 2.34. The summed E-state index contributed by atoms with van der Waals surface area (Å²) in [6.07, 6.45) is 0.808. The van der Waals surface area contributed by atoms with Crippen LogP contribution in [0, 0.1) is 5.41 Å². The van der Waals surface area contributed by atoms with Crippen LogP contribution < -0.4 is 20.7 Å². The van der Waals surface area contributed by atoms with Crippen molar-refractivity contribution in [3.63, 3.8) is 0 Å². The molecule has 20 heavy (non-hydrogen) atoms. The predicted octanol–water partition coefficient (Wildman–Crippen LogP) is 1.02. The Morgan fingerprint density at radius 3 is 3.00 bits per heavy atom. The van der Waals surface area contributed by atoms with Gasteiger partial charge in [-0.05, 0) is 32.4 Å². The number of pyridine rings is 1. The van der Waals surface area contributed by atoms with Crippen molar-refractivity contribution in [1.29, 1.82) is 0 Å². The third-order valence-electron chi connectivity index (χ3n) is 3.73. The first-order chi connectivity index (χ1) is 9.50. The molecule has 2 rings (SSSR count). The second-order valence-corrected chi connectivity index (χ2v) is 5.31. The quantitative estimate of drug-likeness (QED) is 0.859. The molecule has 1 saturated heterocycles. The molecule has 3 N–H and O–H groups in total. The van der Waals surface area contributed by atoms with E-state index in [4.69, 9.17) is 10.5 Å². The number of hydrogen-bond acceptors (Lipinski definition) is 5. The maximum Gasteiger partial charge on any atom is 0.239 e. The number of carbonyl (C=O) groups excluding carboxylic acids is 1. The number of amides is 1. The van der Waals surface area contributed by atoms with Crippen molar-refractivity contribution in [1.82, 2.24) is 10.3 Å². The van der Waals surface area contributed by atoms with Crippen LogP contribution in [-0.4, -0.2) is 37.6 Å². The number of nitrogen functional groups attached to an aromatic ring is 1. The highest BCUT2D eigenvalue weighted by atomic mass is 16.5. The van der Waals surface area contributed by atoms with Gasteiger partial charge in [-0.3, -0.25) is 4.79 Å². The molecule has 0 aliphatic carbocycles. The molecule has 2 heterocycles. The molecule has 0 bridgehead atoms. The van der Waals surface area contributed by atoms with Gasteiger partial charge in [0.25, 0.3) is 0 Å². The fourth-order valence-corrected chi connectivity index (χ4v) is 2.51. The summed E-state index contributed by atoms with van der Waals surface area (Å²) in [6, 6.07) is 3.66. The van der Waals surface area contributed by atoms with Crippen molar-refractivity contribution in [3.8, 4) is 5.88 Å². The first-order valence-electron chi connectivity index (χ1n) is 6.86. The standard InChI is InChI=1S/C14H22N4O2/c1-4-20-12-10(15)5-6-11(17-12)18-8-7-14(2,9-18)13(19)16-3/h5-6H,4,7-9,15H2,1-3H3,(H,16,19). The molecular formula is C14H22N4O2.